The molecule has 5 aromatic rings. The summed E-state index contributed by atoms with van der Waals surface area (Å²) in [5.41, 5.74) is 2.55. The van der Waals surface area contributed by atoms with Crippen LogP contribution in [0.5, 0.6) is 11.5 Å². The Labute approximate surface area is 294 Å². The van der Waals surface area contributed by atoms with Gasteiger partial charge in [0.15, 0.2) is 5.54 Å². The normalized spacial score (nSPS) is 17.1. The highest BCUT2D eigenvalue weighted by Gasteiger charge is 2.55. The summed E-state index contributed by atoms with van der Waals surface area (Å²) in [5, 5.41) is 7.18. The van der Waals surface area contributed by atoms with Crippen LogP contribution < -0.4 is 14.8 Å². The first-order chi connectivity index (χ1) is 24.8. The number of benzene rings is 4. The average molecular weight is 690 g/mol. The molecule has 7 rings (SSSR count). The molecule has 260 valence electrons. The van der Waals surface area contributed by atoms with Gasteiger partial charge in [-0.1, -0.05) is 72.8 Å². The maximum Gasteiger partial charge on any atom is 0.325 e. The van der Waals surface area contributed by atoms with Crippen molar-refractivity contribution in [1.82, 2.24) is 24.9 Å². The molecular weight excluding hydrogens is 653 g/mol. The predicted octanol–water partition coefficient (Wildman–Crippen LogP) is 5.19. The maximum atomic E-state index is 14.6. The number of nitrogens with zero attached hydrogens (tertiary/aromatic N) is 4. The van der Waals surface area contributed by atoms with Crippen molar-refractivity contribution in [1.29, 1.82) is 0 Å². The van der Waals surface area contributed by atoms with Crippen LogP contribution in [0, 0.1) is 5.82 Å². The van der Waals surface area contributed by atoms with Crippen molar-refractivity contribution in [3.63, 3.8) is 0 Å². The molecule has 0 radical (unpaired) electrons. The van der Waals surface area contributed by atoms with E-state index >= 15 is 0 Å². The molecule has 11 nitrogen and oxygen atoms in total. The van der Waals surface area contributed by atoms with Gasteiger partial charge in [0, 0.05) is 36.5 Å². The van der Waals surface area contributed by atoms with Crippen LogP contribution in [0.3, 0.4) is 0 Å². The molecule has 4 aromatic carbocycles. The Morgan fingerprint density at radius 1 is 0.941 bits per heavy atom. The fourth-order valence-corrected chi connectivity index (χ4v) is 6.31. The van der Waals surface area contributed by atoms with E-state index in [1.165, 1.54) is 23.1 Å². The lowest BCUT2D eigenvalue weighted by atomic mass is 9.88. The molecule has 1 unspecified atom stereocenters. The molecule has 0 bridgehead atoms. The van der Waals surface area contributed by atoms with Gasteiger partial charge in [-0.3, -0.25) is 19.2 Å². The second-order valence-corrected chi connectivity index (χ2v) is 12.5. The highest BCUT2D eigenvalue weighted by atomic mass is 19.1. The molecule has 0 saturated carbocycles. The standard InChI is InChI=1S/C39H36FN5O6/c1-43-21-31(20-41-43)29-12-14-33(35(19-29)51-25-28-10-6-3-7-11-28)39(26-49-24-27-8-4-2-5-9-27)37(47)45(38(48)42-39)23-36(46)44-16-17-50-34-15-13-32(40)18-30(34)22-44/h2-15,18-21H,16-17,22-26H2,1H3,(H,42,48). The second kappa shape index (κ2) is 14.5. The van der Waals surface area contributed by atoms with Gasteiger partial charge in [-0.15, -0.1) is 0 Å². The number of nitrogens with one attached hydrogen (secondary N) is 1. The third-order valence-electron chi connectivity index (χ3n) is 8.97. The molecule has 51 heavy (non-hydrogen) atoms. The second-order valence-electron chi connectivity index (χ2n) is 12.5. The molecule has 1 atom stereocenters. The highest BCUT2D eigenvalue weighted by molar-refractivity contribution is 6.10. The summed E-state index contributed by atoms with van der Waals surface area (Å²) >= 11 is 0. The van der Waals surface area contributed by atoms with Gasteiger partial charge in [0.1, 0.15) is 37.1 Å². The minimum Gasteiger partial charge on any atom is -0.491 e. The Balaban J connectivity index is 1.22. The number of halogens is 1. The van der Waals surface area contributed by atoms with Crippen LogP contribution in [0.15, 0.2) is 109 Å². The Hall–Kier alpha value is -6.01. The minimum absolute atomic E-state index is 0.0637. The molecular formula is C39H36FN5O6. The number of ether oxygens (including phenoxy) is 3. The van der Waals surface area contributed by atoms with E-state index in [1.807, 2.05) is 86.0 Å². The number of hydrogen-bond acceptors (Lipinski definition) is 7. The molecule has 1 N–H and O–H groups in total. The zero-order valence-corrected chi connectivity index (χ0v) is 28.0. The van der Waals surface area contributed by atoms with E-state index < -0.39 is 35.7 Å². The van der Waals surface area contributed by atoms with E-state index in [1.54, 1.807) is 16.9 Å². The van der Waals surface area contributed by atoms with E-state index in [4.69, 9.17) is 14.2 Å². The average Bonchev–Trinajstić information content (AvgIpc) is 3.59. The Bertz CT molecular complexity index is 2060. The molecule has 0 aliphatic carbocycles. The first-order valence-corrected chi connectivity index (χ1v) is 16.5. The number of carbonyl (C=O) groups excluding carboxylic acids is 3. The van der Waals surface area contributed by atoms with Gasteiger partial charge in [0.2, 0.25) is 5.91 Å². The molecule has 1 aromatic heterocycles. The van der Waals surface area contributed by atoms with Crippen molar-refractivity contribution in [2.45, 2.75) is 25.3 Å². The van der Waals surface area contributed by atoms with E-state index in [-0.39, 0.29) is 39.5 Å². The zero-order valence-electron chi connectivity index (χ0n) is 28.0. The van der Waals surface area contributed by atoms with E-state index in [0.29, 0.717) is 22.6 Å². The fraction of sp³-hybridized carbons (Fsp3) is 0.231. The molecule has 12 heteroatoms. The number of aryl methyl sites for hydroxylation is 1. The van der Waals surface area contributed by atoms with Crippen LogP contribution in [0.2, 0.25) is 0 Å². The molecule has 0 spiro atoms. The smallest absolute Gasteiger partial charge is 0.325 e. The van der Waals surface area contributed by atoms with Crippen LogP contribution in [0.4, 0.5) is 9.18 Å². The van der Waals surface area contributed by atoms with Gasteiger partial charge in [0.25, 0.3) is 5.91 Å². The van der Waals surface area contributed by atoms with Crippen LogP contribution in [-0.4, -0.2) is 63.7 Å². The third kappa shape index (κ3) is 7.17. The molecule has 2 aliphatic heterocycles. The summed E-state index contributed by atoms with van der Waals surface area (Å²) < 4.78 is 34.1. The van der Waals surface area contributed by atoms with Crippen molar-refractivity contribution >= 4 is 17.8 Å². The van der Waals surface area contributed by atoms with Crippen LogP contribution >= 0.6 is 0 Å². The van der Waals surface area contributed by atoms with E-state index in [0.717, 1.165) is 27.2 Å². The van der Waals surface area contributed by atoms with Gasteiger partial charge >= 0.3 is 6.03 Å². The summed E-state index contributed by atoms with van der Waals surface area (Å²) in [6.07, 6.45) is 3.59. The fourth-order valence-electron chi connectivity index (χ4n) is 6.31. The van der Waals surface area contributed by atoms with Gasteiger partial charge in [-0.05, 0) is 41.0 Å². The number of rotatable bonds is 11. The summed E-state index contributed by atoms with van der Waals surface area (Å²) in [5.74, 6) is -0.777. The maximum absolute atomic E-state index is 14.6. The van der Waals surface area contributed by atoms with Gasteiger partial charge in [0.05, 0.1) is 26.0 Å². The summed E-state index contributed by atoms with van der Waals surface area (Å²) in [6, 6.07) is 27.8. The first kappa shape index (κ1) is 33.5. The lowest BCUT2D eigenvalue weighted by molar-refractivity contribution is -0.141. The van der Waals surface area contributed by atoms with Crippen molar-refractivity contribution in [3.05, 3.63) is 138 Å². The van der Waals surface area contributed by atoms with Gasteiger partial charge in [-0.2, -0.15) is 5.10 Å². The Morgan fingerprint density at radius 3 is 2.41 bits per heavy atom. The molecule has 3 heterocycles. The molecule has 2 aliphatic rings. The van der Waals surface area contributed by atoms with Crippen molar-refractivity contribution in [2.24, 2.45) is 7.05 Å². The lowest BCUT2D eigenvalue weighted by Crippen LogP contribution is -2.49. The quantitative estimate of drug-likeness (QED) is 0.190. The number of imide groups is 1. The molecule has 1 fully saturated rings. The lowest BCUT2D eigenvalue weighted by Gasteiger charge is -2.29. The highest BCUT2D eigenvalue weighted by Crippen LogP contribution is 2.39. The van der Waals surface area contributed by atoms with Crippen molar-refractivity contribution in [3.8, 4) is 22.6 Å². The van der Waals surface area contributed by atoms with Gasteiger partial charge < -0.3 is 24.4 Å². The summed E-state index contributed by atoms with van der Waals surface area (Å²) in [4.78, 5) is 44.5. The SMILES string of the molecule is Cn1cc(-c2ccc(C3(COCc4ccccc4)NC(=O)N(CC(=O)N4CCOc5ccc(F)cc5C4)C3=O)c(OCc3ccccc3)c2)cn1. The topological polar surface area (TPSA) is 115 Å². The Kier molecular flexibility index (Phi) is 9.49. The van der Waals surface area contributed by atoms with Crippen molar-refractivity contribution < 1.29 is 33.0 Å². The zero-order chi connectivity index (χ0) is 35.4. The molecule has 1 saturated heterocycles. The van der Waals surface area contributed by atoms with Crippen LogP contribution in [0.25, 0.3) is 11.1 Å². The predicted molar refractivity (Wildman–Crippen MR) is 185 cm³/mol. The number of carbonyl (C=O) groups is 3. The van der Waals surface area contributed by atoms with E-state index in [2.05, 4.69) is 10.4 Å². The van der Waals surface area contributed by atoms with Crippen LogP contribution in [0.1, 0.15) is 22.3 Å². The van der Waals surface area contributed by atoms with Crippen LogP contribution in [-0.2, 0) is 46.7 Å². The third-order valence-corrected chi connectivity index (χ3v) is 8.97. The monoisotopic (exact) mass is 689 g/mol. The number of aromatic nitrogens is 2. The minimum atomic E-state index is -1.73. The summed E-state index contributed by atoms with van der Waals surface area (Å²) in [6.45, 7) is 0.00882. The summed E-state index contributed by atoms with van der Waals surface area (Å²) in [7, 11) is 1.82. The largest absolute Gasteiger partial charge is 0.491 e. The van der Waals surface area contributed by atoms with E-state index in [9.17, 15) is 18.8 Å². The number of fused-ring (bicyclic) bond motifs is 1. The number of hydrogen-bond donors (Lipinski definition) is 1. The number of urea groups is 1. The Morgan fingerprint density at radius 2 is 1.69 bits per heavy atom. The molecule has 4 amide bonds. The number of amides is 4. The van der Waals surface area contributed by atoms with Crippen molar-refractivity contribution in [2.75, 3.05) is 26.3 Å². The first-order valence-electron chi connectivity index (χ1n) is 16.5. The van der Waals surface area contributed by atoms with Gasteiger partial charge in [-0.25, -0.2) is 9.18 Å².